The van der Waals surface area contributed by atoms with Crippen LogP contribution in [0.3, 0.4) is 0 Å². The Labute approximate surface area is 148 Å². The first kappa shape index (κ1) is 17.1. The summed E-state index contributed by atoms with van der Waals surface area (Å²) >= 11 is 0. The third-order valence-electron chi connectivity index (χ3n) is 5.78. The van der Waals surface area contributed by atoms with Gasteiger partial charge in [0, 0.05) is 0 Å². The lowest BCUT2D eigenvalue weighted by Gasteiger charge is -2.42. The molecule has 0 unspecified atom stereocenters. The molecule has 0 bridgehead atoms. The lowest BCUT2D eigenvalue weighted by atomic mass is 9.62. The SMILES string of the molecule is [B]c1ccc(C(=C)c2cc3c(cc2C)C(C)(C)CCC3(C)C)cc1. The molecule has 0 atom stereocenters. The van der Waals surface area contributed by atoms with Gasteiger partial charge in [0.2, 0.25) is 0 Å². The highest BCUT2D eigenvalue weighted by atomic mass is 14.4. The minimum Gasteiger partial charge on any atom is -0.0966 e. The minimum absolute atomic E-state index is 0.217. The zero-order valence-electron chi connectivity index (χ0n) is 15.7. The fourth-order valence-corrected chi connectivity index (χ4v) is 3.89. The zero-order valence-corrected chi connectivity index (χ0v) is 15.7. The highest BCUT2D eigenvalue weighted by Crippen LogP contribution is 2.47. The van der Waals surface area contributed by atoms with E-state index in [1.165, 1.54) is 35.1 Å². The summed E-state index contributed by atoms with van der Waals surface area (Å²) in [5.74, 6) is 0. The average molecular weight is 314 g/mol. The Balaban J connectivity index is 2.14. The molecule has 0 aromatic heterocycles. The summed E-state index contributed by atoms with van der Waals surface area (Å²) in [5, 5.41) is 0. The first-order chi connectivity index (χ1) is 11.1. The molecule has 2 radical (unpaired) electrons. The molecular weight excluding hydrogens is 287 g/mol. The molecule has 0 N–H and O–H groups in total. The number of rotatable bonds is 2. The quantitative estimate of drug-likeness (QED) is 0.668. The second kappa shape index (κ2) is 5.65. The van der Waals surface area contributed by atoms with Crippen LogP contribution in [0.4, 0.5) is 0 Å². The monoisotopic (exact) mass is 314 g/mol. The fourth-order valence-electron chi connectivity index (χ4n) is 3.89. The van der Waals surface area contributed by atoms with Crippen LogP contribution in [0.2, 0.25) is 0 Å². The van der Waals surface area contributed by atoms with Gasteiger partial charge >= 0.3 is 0 Å². The summed E-state index contributed by atoms with van der Waals surface area (Å²) in [6.45, 7) is 16.1. The summed E-state index contributed by atoms with van der Waals surface area (Å²) in [7, 11) is 5.82. The highest BCUT2D eigenvalue weighted by Gasteiger charge is 2.37. The van der Waals surface area contributed by atoms with Crippen LogP contribution in [0.15, 0.2) is 43.0 Å². The predicted octanol–water partition coefficient (Wildman–Crippen LogP) is 5.20. The second-order valence-corrected chi connectivity index (χ2v) is 8.58. The standard InChI is InChI=1S/C23H27B/c1-15-13-20-21(23(5,6)12-11-22(20,3)4)14-19(15)16(2)17-7-9-18(24)10-8-17/h7-10,13-14H,2,11-12H2,1,3-6H3. The number of hydrogen-bond donors (Lipinski definition) is 0. The lowest BCUT2D eigenvalue weighted by Crippen LogP contribution is -2.34. The Morgan fingerprint density at radius 3 is 1.96 bits per heavy atom. The van der Waals surface area contributed by atoms with Crippen molar-refractivity contribution >= 4 is 18.9 Å². The average Bonchev–Trinajstić information content (AvgIpc) is 2.52. The van der Waals surface area contributed by atoms with E-state index in [-0.39, 0.29) is 10.8 Å². The van der Waals surface area contributed by atoms with Crippen LogP contribution in [0.25, 0.3) is 5.57 Å². The molecule has 0 saturated carbocycles. The Morgan fingerprint density at radius 1 is 0.917 bits per heavy atom. The van der Waals surface area contributed by atoms with Crippen LogP contribution in [0, 0.1) is 6.92 Å². The molecule has 0 amide bonds. The zero-order chi connectivity index (χ0) is 17.7. The van der Waals surface area contributed by atoms with E-state index in [4.69, 9.17) is 7.85 Å². The van der Waals surface area contributed by atoms with Gasteiger partial charge in [-0.2, -0.15) is 0 Å². The molecule has 0 fully saturated rings. The van der Waals surface area contributed by atoms with Crippen molar-refractivity contribution in [1.29, 1.82) is 0 Å². The van der Waals surface area contributed by atoms with Crippen LogP contribution in [0.5, 0.6) is 0 Å². The number of aryl methyl sites for hydroxylation is 1. The van der Waals surface area contributed by atoms with Crippen molar-refractivity contribution in [3.05, 3.63) is 70.8 Å². The fraction of sp³-hybridized carbons (Fsp3) is 0.391. The predicted molar refractivity (Wildman–Crippen MR) is 106 cm³/mol. The molecule has 24 heavy (non-hydrogen) atoms. The lowest BCUT2D eigenvalue weighted by molar-refractivity contribution is 0.331. The van der Waals surface area contributed by atoms with E-state index in [0.29, 0.717) is 0 Å². The molecule has 0 saturated heterocycles. The van der Waals surface area contributed by atoms with E-state index >= 15 is 0 Å². The van der Waals surface area contributed by atoms with Gasteiger partial charge in [0.15, 0.2) is 0 Å². The second-order valence-electron chi connectivity index (χ2n) is 8.58. The maximum Gasteiger partial charge on any atom is 0.113 e. The van der Waals surface area contributed by atoms with Gasteiger partial charge in [-0.05, 0) is 64.0 Å². The van der Waals surface area contributed by atoms with Crippen molar-refractivity contribution in [2.75, 3.05) is 0 Å². The smallest absolute Gasteiger partial charge is 0.0966 e. The first-order valence-electron chi connectivity index (χ1n) is 8.83. The van der Waals surface area contributed by atoms with Gasteiger partial charge in [-0.15, -0.1) is 0 Å². The van der Waals surface area contributed by atoms with Crippen LogP contribution in [0.1, 0.15) is 68.4 Å². The van der Waals surface area contributed by atoms with Gasteiger partial charge in [0.25, 0.3) is 0 Å². The molecule has 3 rings (SSSR count). The van der Waals surface area contributed by atoms with Crippen molar-refractivity contribution in [3.63, 3.8) is 0 Å². The van der Waals surface area contributed by atoms with E-state index in [9.17, 15) is 0 Å². The molecule has 0 heterocycles. The van der Waals surface area contributed by atoms with Crippen molar-refractivity contribution in [3.8, 4) is 0 Å². The molecule has 122 valence electrons. The van der Waals surface area contributed by atoms with E-state index in [1.807, 2.05) is 12.1 Å². The van der Waals surface area contributed by atoms with Crippen molar-refractivity contribution in [1.82, 2.24) is 0 Å². The maximum absolute atomic E-state index is 5.82. The maximum atomic E-state index is 5.82. The molecule has 2 aromatic rings. The topological polar surface area (TPSA) is 0 Å². The summed E-state index contributed by atoms with van der Waals surface area (Å²) in [6, 6.07) is 12.8. The van der Waals surface area contributed by atoms with Gasteiger partial charge in [-0.25, -0.2) is 0 Å². The molecule has 1 aliphatic carbocycles. The summed E-state index contributed by atoms with van der Waals surface area (Å²) in [4.78, 5) is 0. The van der Waals surface area contributed by atoms with Gasteiger partial charge < -0.3 is 0 Å². The molecular formula is C23H27B. The third-order valence-corrected chi connectivity index (χ3v) is 5.78. The molecule has 0 aliphatic heterocycles. The summed E-state index contributed by atoms with van der Waals surface area (Å²) in [6.07, 6.45) is 2.47. The Kier molecular flexibility index (Phi) is 4.02. The van der Waals surface area contributed by atoms with Gasteiger partial charge in [-0.1, -0.05) is 76.1 Å². The number of benzene rings is 2. The van der Waals surface area contributed by atoms with E-state index in [0.717, 1.165) is 16.6 Å². The van der Waals surface area contributed by atoms with Crippen LogP contribution in [-0.2, 0) is 10.8 Å². The molecule has 1 aliphatic rings. The molecule has 2 aromatic carbocycles. The van der Waals surface area contributed by atoms with Crippen LogP contribution < -0.4 is 5.46 Å². The molecule has 0 nitrogen and oxygen atoms in total. The van der Waals surface area contributed by atoms with Gasteiger partial charge in [0.05, 0.1) is 0 Å². The highest BCUT2D eigenvalue weighted by molar-refractivity contribution is 6.32. The Bertz CT molecular complexity index is 792. The minimum atomic E-state index is 0.217. The number of fused-ring (bicyclic) bond motifs is 1. The first-order valence-corrected chi connectivity index (χ1v) is 8.83. The van der Waals surface area contributed by atoms with Crippen LogP contribution >= 0.6 is 0 Å². The third kappa shape index (κ3) is 2.86. The van der Waals surface area contributed by atoms with E-state index in [1.54, 1.807) is 0 Å². The van der Waals surface area contributed by atoms with Crippen molar-refractivity contribution in [2.24, 2.45) is 0 Å². The van der Waals surface area contributed by atoms with E-state index in [2.05, 4.69) is 65.5 Å². The van der Waals surface area contributed by atoms with Gasteiger partial charge in [-0.3, -0.25) is 0 Å². The van der Waals surface area contributed by atoms with Gasteiger partial charge in [0.1, 0.15) is 7.85 Å². The number of hydrogen-bond acceptors (Lipinski definition) is 0. The normalized spacial score (nSPS) is 18.0. The molecule has 0 spiro atoms. The molecule has 1 heteroatoms. The summed E-state index contributed by atoms with van der Waals surface area (Å²) < 4.78 is 0. The van der Waals surface area contributed by atoms with E-state index < -0.39 is 0 Å². The van der Waals surface area contributed by atoms with Crippen molar-refractivity contribution in [2.45, 2.75) is 58.3 Å². The summed E-state index contributed by atoms with van der Waals surface area (Å²) in [5.41, 5.74) is 9.02. The van der Waals surface area contributed by atoms with Crippen LogP contribution in [-0.4, -0.2) is 7.85 Å². The van der Waals surface area contributed by atoms with Crippen molar-refractivity contribution < 1.29 is 0 Å². The largest absolute Gasteiger partial charge is 0.113 e. The Morgan fingerprint density at radius 2 is 1.42 bits per heavy atom. The Hall–Kier alpha value is -1.76.